The molecule has 0 aromatic rings. The first-order valence-electron chi connectivity index (χ1n) is 5.89. The molecule has 1 N–H and O–H groups in total. The van der Waals surface area contributed by atoms with Crippen molar-refractivity contribution in [1.29, 1.82) is 0 Å². The van der Waals surface area contributed by atoms with Crippen molar-refractivity contribution in [1.82, 2.24) is 5.32 Å². The fraction of sp³-hybridized carbons (Fsp3) is 0.727. The Morgan fingerprint density at radius 2 is 2.37 bits per heavy atom. The minimum absolute atomic E-state index is 0.0191. The average molecular weight is 303 g/mol. The number of hydrogen-bond donors (Lipinski definition) is 1. The summed E-state index contributed by atoms with van der Waals surface area (Å²) in [6.45, 7) is 3.08. The molecule has 8 heteroatoms. The fourth-order valence-corrected chi connectivity index (χ4v) is 2.55. The highest BCUT2D eigenvalue weighted by molar-refractivity contribution is 8.76. The zero-order valence-electron chi connectivity index (χ0n) is 10.8. The van der Waals surface area contributed by atoms with Crippen molar-refractivity contribution in [3.63, 3.8) is 0 Å². The second kappa shape index (κ2) is 11.1. The SMILES string of the molecule is CCC#CCNC(=O)COCCOC1N=NCSS1. The lowest BCUT2D eigenvalue weighted by molar-refractivity contribution is -0.126. The molecule has 0 radical (unpaired) electrons. The molecule has 0 aromatic heterocycles. The van der Waals surface area contributed by atoms with E-state index in [1.165, 1.54) is 10.8 Å². The molecule has 0 saturated heterocycles. The predicted molar refractivity (Wildman–Crippen MR) is 76.5 cm³/mol. The Hall–Kier alpha value is -0.750. The third-order valence-electron chi connectivity index (χ3n) is 1.83. The van der Waals surface area contributed by atoms with E-state index in [4.69, 9.17) is 9.47 Å². The van der Waals surface area contributed by atoms with Crippen molar-refractivity contribution in [2.75, 3.05) is 32.2 Å². The number of azo groups is 1. The van der Waals surface area contributed by atoms with Gasteiger partial charge in [0.05, 0.1) is 19.8 Å². The van der Waals surface area contributed by atoms with Gasteiger partial charge in [-0.15, -0.1) is 11.0 Å². The van der Waals surface area contributed by atoms with Crippen LogP contribution in [0.1, 0.15) is 13.3 Å². The molecule has 1 aliphatic heterocycles. The van der Waals surface area contributed by atoms with Gasteiger partial charge in [0.25, 0.3) is 0 Å². The maximum absolute atomic E-state index is 11.3. The van der Waals surface area contributed by atoms with Gasteiger partial charge in [-0.05, 0) is 10.8 Å². The molecule has 106 valence electrons. The smallest absolute Gasteiger partial charge is 0.246 e. The molecule has 1 amide bonds. The molecule has 1 atom stereocenters. The number of amides is 1. The third kappa shape index (κ3) is 8.88. The van der Waals surface area contributed by atoms with Crippen molar-refractivity contribution in [2.24, 2.45) is 10.2 Å². The monoisotopic (exact) mass is 303 g/mol. The zero-order chi connectivity index (χ0) is 13.8. The van der Waals surface area contributed by atoms with Crippen LogP contribution in [0.5, 0.6) is 0 Å². The summed E-state index contributed by atoms with van der Waals surface area (Å²) in [7, 11) is 3.13. The van der Waals surface area contributed by atoms with Gasteiger partial charge in [-0.2, -0.15) is 5.11 Å². The highest BCUT2D eigenvalue weighted by Crippen LogP contribution is 2.32. The van der Waals surface area contributed by atoms with Crippen molar-refractivity contribution < 1.29 is 14.3 Å². The van der Waals surface area contributed by atoms with Gasteiger partial charge >= 0.3 is 0 Å². The third-order valence-corrected chi connectivity index (χ3v) is 3.80. The first-order chi connectivity index (χ1) is 9.33. The Bertz CT molecular complexity index is 355. The summed E-state index contributed by atoms with van der Waals surface area (Å²) in [6.07, 6.45) is 0.790. The minimum Gasteiger partial charge on any atom is -0.369 e. The molecule has 0 aromatic carbocycles. The summed E-state index contributed by atoms with van der Waals surface area (Å²) in [5, 5.41) is 10.4. The van der Waals surface area contributed by atoms with E-state index in [2.05, 4.69) is 27.4 Å². The van der Waals surface area contributed by atoms with Crippen LogP contribution >= 0.6 is 21.6 Å². The van der Waals surface area contributed by atoms with Gasteiger partial charge in [0.2, 0.25) is 11.5 Å². The van der Waals surface area contributed by atoms with Crippen LogP contribution in [-0.4, -0.2) is 43.7 Å². The number of nitrogens with one attached hydrogen (secondary N) is 1. The molecule has 19 heavy (non-hydrogen) atoms. The lowest BCUT2D eigenvalue weighted by Crippen LogP contribution is -2.28. The lowest BCUT2D eigenvalue weighted by atomic mass is 10.4. The molecule has 0 fully saturated rings. The standard InChI is InChI=1S/C11H17N3O3S2/c1-2-3-4-5-12-10(15)8-16-6-7-17-11-14-13-9-18-19-11/h11H,2,5-9H2,1H3,(H,12,15). The summed E-state index contributed by atoms with van der Waals surface area (Å²) >= 11 is 0. The Kier molecular flexibility index (Phi) is 9.53. The zero-order valence-corrected chi connectivity index (χ0v) is 12.4. The summed E-state index contributed by atoms with van der Waals surface area (Å²) in [4.78, 5) is 11.3. The van der Waals surface area contributed by atoms with Crippen molar-refractivity contribution in [2.45, 2.75) is 18.9 Å². The first-order valence-corrected chi connectivity index (χ1v) is 8.27. The van der Waals surface area contributed by atoms with E-state index in [0.29, 0.717) is 25.6 Å². The quantitative estimate of drug-likeness (QED) is 0.440. The van der Waals surface area contributed by atoms with Crippen LogP contribution in [-0.2, 0) is 14.3 Å². The van der Waals surface area contributed by atoms with Gasteiger partial charge in [0, 0.05) is 6.42 Å². The predicted octanol–water partition coefficient (Wildman–Crippen LogP) is 1.64. The van der Waals surface area contributed by atoms with E-state index in [1.54, 1.807) is 10.8 Å². The Morgan fingerprint density at radius 3 is 3.11 bits per heavy atom. The van der Waals surface area contributed by atoms with Crippen LogP contribution in [0.3, 0.4) is 0 Å². The lowest BCUT2D eigenvalue weighted by Gasteiger charge is -2.13. The number of hydrogen-bond acceptors (Lipinski definition) is 7. The van der Waals surface area contributed by atoms with E-state index in [9.17, 15) is 4.79 Å². The first kappa shape index (κ1) is 16.3. The number of carbonyl (C=O) groups is 1. The Balaban J connectivity index is 1.93. The number of ether oxygens (including phenoxy) is 2. The average Bonchev–Trinajstić information content (AvgIpc) is 2.44. The van der Waals surface area contributed by atoms with Crippen molar-refractivity contribution in [3.05, 3.63) is 0 Å². The van der Waals surface area contributed by atoms with Gasteiger partial charge in [-0.3, -0.25) is 4.79 Å². The molecular formula is C11H17N3O3S2. The van der Waals surface area contributed by atoms with Crippen LogP contribution in [0.2, 0.25) is 0 Å². The number of nitrogens with zero attached hydrogens (tertiary/aromatic N) is 2. The molecule has 6 nitrogen and oxygen atoms in total. The van der Waals surface area contributed by atoms with Gasteiger partial charge in [-0.1, -0.05) is 23.6 Å². The van der Waals surface area contributed by atoms with Crippen molar-refractivity contribution >= 4 is 27.5 Å². The molecule has 1 aliphatic rings. The van der Waals surface area contributed by atoms with E-state index in [0.717, 1.165) is 6.42 Å². The summed E-state index contributed by atoms with van der Waals surface area (Å²) < 4.78 is 10.6. The van der Waals surface area contributed by atoms with E-state index in [-0.39, 0.29) is 18.1 Å². The van der Waals surface area contributed by atoms with Gasteiger partial charge < -0.3 is 14.8 Å². The summed E-state index contributed by atoms with van der Waals surface area (Å²) in [5.74, 6) is 6.18. The summed E-state index contributed by atoms with van der Waals surface area (Å²) in [6, 6.07) is 0. The molecule has 0 bridgehead atoms. The normalized spacial score (nSPS) is 17.6. The molecule has 0 saturated carbocycles. The number of rotatable bonds is 7. The Labute approximate surface area is 120 Å². The topological polar surface area (TPSA) is 72.3 Å². The van der Waals surface area contributed by atoms with Crippen LogP contribution in [0.25, 0.3) is 0 Å². The maximum atomic E-state index is 11.3. The Morgan fingerprint density at radius 1 is 1.47 bits per heavy atom. The van der Waals surface area contributed by atoms with E-state index >= 15 is 0 Å². The largest absolute Gasteiger partial charge is 0.369 e. The molecule has 1 rings (SSSR count). The fourth-order valence-electron chi connectivity index (χ4n) is 1.05. The molecular weight excluding hydrogens is 286 g/mol. The molecule has 0 spiro atoms. The number of carbonyl (C=O) groups excluding carboxylic acids is 1. The van der Waals surface area contributed by atoms with Crippen LogP contribution in [0.15, 0.2) is 10.2 Å². The molecule has 1 unspecified atom stereocenters. The van der Waals surface area contributed by atoms with Gasteiger partial charge in [0.1, 0.15) is 12.5 Å². The highest BCUT2D eigenvalue weighted by atomic mass is 33.1. The minimum atomic E-state index is -0.263. The van der Waals surface area contributed by atoms with Gasteiger partial charge in [-0.25, -0.2) is 0 Å². The second-order valence-electron chi connectivity index (χ2n) is 3.31. The summed E-state index contributed by atoms with van der Waals surface area (Å²) in [5.41, 5.74) is -0.263. The maximum Gasteiger partial charge on any atom is 0.246 e. The van der Waals surface area contributed by atoms with E-state index in [1.807, 2.05) is 6.92 Å². The van der Waals surface area contributed by atoms with Crippen molar-refractivity contribution in [3.8, 4) is 11.8 Å². The molecule has 0 aliphatic carbocycles. The highest BCUT2D eigenvalue weighted by Gasteiger charge is 2.11. The van der Waals surface area contributed by atoms with Crippen LogP contribution in [0.4, 0.5) is 0 Å². The second-order valence-corrected chi connectivity index (χ2v) is 5.69. The van der Waals surface area contributed by atoms with Gasteiger partial charge in [0.15, 0.2) is 0 Å². The van der Waals surface area contributed by atoms with Crippen LogP contribution in [0, 0.1) is 11.8 Å². The van der Waals surface area contributed by atoms with E-state index < -0.39 is 0 Å². The van der Waals surface area contributed by atoms with Crippen LogP contribution < -0.4 is 5.32 Å². The molecule has 1 heterocycles.